The first-order valence-electron chi connectivity index (χ1n) is 6.36. The highest BCUT2D eigenvalue weighted by Gasteiger charge is 2.33. The molecule has 5 heteroatoms. The van der Waals surface area contributed by atoms with Crippen molar-refractivity contribution < 1.29 is 14.3 Å². The Morgan fingerprint density at radius 1 is 1.47 bits per heavy atom. The number of hydrogen-bond donors (Lipinski definition) is 2. The zero-order chi connectivity index (χ0) is 14.0. The summed E-state index contributed by atoms with van der Waals surface area (Å²) in [7, 11) is 0. The molecule has 1 atom stereocenters. The van der Waals surface area contributed by atoms with E-state index in [2.05, 4.69) is 19.2 Å². The number of carbonyl (C=O) groups is 1. The average Bonchev–Trinajstić information content (AvgIpc) is 2.32. The molecule has 2 N–H and O–H groups in total. The van der Waals surface area contributed by atoms with Crippen molar-refractivity contribution in [1.82, 2.24) is 5.32 Å². The molecule has 0 spiro atoms. The lowest BCUT2D eigenvalue weighted by atomic mass is 9.96. The van der Waals surface area contributed by atoms with E-state index in [4.69, 9.17) is 5.11 Å². The Kier molecular flexibility index (Phi) is 3.75. The summed E-state index contributed by atoms with van der Waals surface area (Å²) < 4.78 is 13.0. The molecule has 1 heterocycles. The topological polar surface area (TPSA) is 52.6 Å². The molecule has 0 amide bonds. The zero-order valence-corrected chi connectivity index (χ0v) is 11.2. The lowest BCUT2D eigenvalue weighted by molar-refractivity contribution is -0.137. The van der Waals surface area contributed by atoms with Gasteiger partial charge in [0.15, 0.2) is 0 Å². The SMILES string of the molecule is CC1(C)CN(c2ccc(F)cc2)C(CC(=O)O)CN1. The van der Waals surface area contributed by atoms with Crippen LogP contribution in [0.25, 0.3) is 0 Å². The molecule has 0 saturated carbocycles. The molecule has 0 radical (unpaired) electrons. The molecule has 1 fully saturated rings. The van der Waals surface area contributed by atoms with E-state index in [-0.39, 0.29) is 23.8 Å². The molecule has 19 heavy (non-hydrogen) atoms. The first kappa shape index (κ1) is 13.8. The quantitative estimate of drug-likeness (QED) is 0.876. The molecule has 4 nitrogen and oxygen atoms in total. The molecule has 1 aliphatic heterocycles. The largest absolute Gasteiger partial charge is 0.481 e. The Labute approximate surface area is 112 Å². The van der Waals surface area contributed by atoms with Gasteiger partial charge in [0.25, 0.3) is 0 Å². The number of nitrogens with zero attached hydrogens (tertiary/aromatic N) is 1. The summed E-state index contributed by atoms with van der Waals surface area (Å²) in [6, 6.07) is 6.10. The molecule has 1 aromatic rings. The van der Waals surface area contributed by atoms with Crippen LogP contribution in [0.3, 0.4) is 0 Å². The number of aliphatic carboxylic acids is 1. The van der Waals surface area contributed by atoms with Gasteiger partial charge in [0, 0.05) is 24.3 Å². The maximum Gasteiger partial charge on any atom is 0.305 e. The molecule has 0 aliphatic carbocycles. The van der Waals surface area contributed by atoms with E-state index in [1.807, 2.05) is 4.90 Å². The third-order valence-electron chi connectivity index (χ3n) is 3.39. The fourth-order valence-corrected chi connectivity index (χ4v) is 2.43. The Morgan fingerprint density at radius 3 is 2.68 bits per heavy atom. The number of anilines is 1. The number of hydrogen-bond acceptors (Lipinski definition) is 3. The van der Waals surface area contributed by atoms with E-state index in [1.54, 1.807) is 12.1 Å². The van der Waals surface area contributed by atoms with Crippen LogP contribution < -0.4 is 10.2 Å². The lowest BCUT2D eigenvalue weighted by Crippen LogP contribution is -2.62. The van der Waals surface area contributed by atoms with Crippen molar-refractivity contribution in [2.75, 3.05) is 18.0 Å². The summed E-state index contributed by atoms with van der Waals surface area (Å²) in [6.07, 6.45) is 0.0699. The van der Waals surface area contributed by atoms with Gasteiger partial charge < -0.3 is 15.3 Å². The Balaban J connectivity index is 2.24. The standard InChI is InChI=1S/C14H19FN2O2/c1-14(2)9-17(11-5-3-10(15)4-6-11)12(8-16-14)7-13(18)19/h3-6,12,16H,7-9H2,1-2H3,(H,18,19). The van der Waals surface area contributed by atoms with Gasteiger partial charge in [-0.05, 0) is 38.1 Å². The second kappa shape index (κ2) is 5.17. The van der Waals surface area contributed by atoms with Gasteiger partial charge in [-0.25, -0.2) is 4.39 Å². The Bertz CT molecular complexity index is 459. The van der Waals surface area contributed by atoms with Gasteiger partial charge in [-0.1, -0.05) is 0 Å². The highest BCUT2D eigenvalue weighted by Crippen LogP contribution is 2.25. The van der Waals surface area contributed by atoms with Crippen LogP contribution in [-0.2, 0) is 4.79 Å². The summed E-state index contributed by atoms with van der Waals surface area (Å²) >= 11 is 0. The molecule has 2 rings (SSSR count). The summed E-state index contributed by atoms with van der Waals surface area (Å²) in [5.74, 6) is -1.11. The van der Waals surface area contributed by atoms with E-state index < -0.39 is 5.97 Å². The molecule has 1 aromatic carbocycles. The summed E-state index contributed by atoms with van der Waals surface area (Å²) in [6.45, 7) is 5.44. The van der Waals surface area contributed by atoms with Gasteiger partial charge in [0.1, 0.15) is 5.82 Å². The average molecular weight is 266 g/mol. The van der Waals surface area contributed by atoms with Crippen molar-refractivity contribution in [2.45, 2.75) is 31.8 Å². The Hall–Kier alpha value is -1.62. The molecule has 104 valence electrons. The number of nitrogens with one attached hydrogen (secondary N) is 1. The van der Waals surface area contributed by atoms with E-state index >= 15 is 0 Å². The predicted octanol–water partition coefficient (Wildman–Crippen LogP) is 1.86. The molecule has 0 bridgehead atoms. The van der Waals surface area contributed by atoms with Crippen molar-refractivity contribution in [3.8, 4) is 0 Å². The van der Waals surface area contributed by atoms with Crippen LogP contribution >= 0.6 is 0 Å². The van der Waals surface area contributed by atoms with E-state index in [1.165, 1.54) is 12.1 Å². The monoisotopic (exact) mass is 266 g/mol. The number of carboxylic acids is 1. The minimum Gasteiger partial charge on any atom is -0.481 e. The maximum absolute atomic E-state index is 13.0. The van der Waals surface area contributed by atoms with E-state index in [0.717, 1.165) is 5.69 Å². The third kappa shape index (κ3) is 3.44. The first-order chi connectivity index (χ1) is 8.87. The number of carboxylic acid groups (broad SMARTS) is 1. The van der Waals surface area contributed by atoms with Gasteiger partial charge in [-0.3, -0.25) is 4.79 Å². The van der Waals surface area contributed by atoms with Crippen LogP contribution in [0.5, 0.6) is 0 Å². The number of halogens is 1. The van der Waals surface area contributed by atoms with Gasteiger partial charge >= 0.3 is 5.97 Å². The predicted molar refractivity (Wildman–Crippen MR) is 71.9 cm³/mol. The van der Waals surface area contributed by atoms with Crippen LogP contribution in [0.2, 0.25) is 0 Å². The van der Waals surface area contributed by atoms with E-state index in [9.17, 15) is 9.18 Å². The van der Waals surface area contributed by atoms with Crippen LogP contribution in [-0.4, -0.2) is 35.7 Å². The highest BCUT2D eigenvalue weighted by molar-refractivity contribution is 5.69. The first-order valence-corrected chi connectivity index (χ1v) is 6.36. The van der Waals surface area contributed by atoms with Crippen molar-refractivity contribution in [3.05, 3.63) is 30.1 Å². The minimum absolute atomic E-state index is 0.0699. The van der Waals surface area contributed by atoms with Gasteiger partial charge in [-0.15, -0.1) is 0 Å². The minimum atomic E-state index is -0.821. The summed E-state index contributed by atoms with van der Waals surface area (Å²) in [4.78, 5) is 13.0. The molecule has 1 saturated heterocycles. The van der Waals surface area contributed by atoms with Crippen molar-refractivity contribution in [3.63, 3.8) is 0 Å². The van der Waals surface area contributed by atoms with Crippen molar-refractivity contribution >= 4 is 11.7 Å². The summed E-state index contributed by atoms with van der Waals surface area (Å²) in [5.41, 5.74) is 0.769. The highest BCUT2D eigenvalue weighted by atomic mass is 19.1. The smallest absolute Gasteiger partial charge is 0.305 e. The maximum atomic E-state index is 13.0. The Morgan fingerprint density at radius 2 is 2.11 bits per heavy atom. The fraction of sp³-hybridized carbons (Fsp3) is 0.500. The second-order valence-corrected chi connectivity index (χ2v) is 5.62. The van der Waals surface area contributed by atoms with Gasteiger partial charge in [0.05, 0.1) is 12.5 Å². The van der Waals surface area contributed by atoms with Crippen molar-refractivity contribution in [1.29, 1.82) is 0 Å². The van der Waals surface area contributed by atoms with Gasteiger partial charge in [-0.2, -0.15) is 0 Å². The molecule has 1 aliphatic rings. The van der Waals surface area contributed by atoms with Crippen molar-refractivity contribution in [2.24, 2.45) is 0 Å². The van der Waals surface area contributed by atoms with Gasteiger partial charge in [0.2, 0.25) is 0 Å². The molecular weight excluding hydrogens is 247 g/mol. The number of piperazine rings is 1. The van der Waals surface area contributed by atoms with Crippen LogP contribution in [0.4, 0.5) is 10.1 Å². The lowest BCUT2D eigenvalue weighted by Gasteiger charge is -2.45. The van der Waals surface area contributed by atoms with Crippen LogP contribution in [0.1, 0.15) is 20.3 Å². The number of rotatable bonds is 3. The zero-order valence-electron chi connectivity index (χ0n) is 11.2. The normalized spacial score (nSPS) is 22.3. The molecule has 0 aromatic heterocycles. The molecular formula is C14H19FN2O2. The van der Waals surface area contributed by atoms with Crippen LogP contribution in [0.15, 0.2) is 24.3 Å². The third-order valence-corrected chi connectivity index (χ3v) is 3.39. The second-order valence-electron chi connectivity index (χ2n) is 5.62. The van der Waals surface area contributed by atoms with E-state index in [0.29, 0.717) is 13.1 Å². The number of benzene rings is 1. The summed E-state index contributed by atoms with van der Waals surface area (Å²) in [5, 5.41) is 12.3. The molecule has 1 unspecified atom stereocenters. The van der Waals surface area contributed by atoms with Crippen LogP contribution in [0, 0.1) is 5.82 Å². The fourth-order valence-electron chi connectivity index (χ4n) is 2.43.